The van der Waals surface area contributed by atoms with Crippen LogP contribution in [0.4, 0.5) is 0 Å². The second-order valence-electron chi connectivity index (χ2n) is 2.77. The normalized spacial score (nSPS) is 10.0. The van der Waals surface area contributed by atoms with Gasteiger partial charge in [0.15, 0.2) is 11.5 Å². The Balaban J connectivity index is 3.18. The van der Waals surface area contributed by atoms with E-state index in [4.69, 9.17) is 14.2 Å². The molecule has 1 rings (SSSR count). The van der Waals surface area contributed by atoms with Crippen LogP contribution >= 0.6 is 0 Å². The molecule has 0 bridgehead atoms. The topological polar surface area (TPSA) is 27.7 Å². The second-order valence-corrected chi connectivity index (χ2v) is 3.31. The van der Waals surface area contributed by atoms with E-state index in [2.05, 4.69) is 10.2 Å². The van der Waals surface area contributed by atoms with Gasteiger partial charge in [-0.05, 0) is 5.19 Å². The summed E-state index contributed by atoms with van der Waals surface area (Å²) in [6.07, 6.45) is 0. The zero-order valence-electron chi connectivity index (χ0n) is 8.59. The molecule has 3 nitrogen and oxygen atoms in total. The molecule has 3 radical (unpaired) electrons. The molecular weight excluding hydrogens is 196 g/mol. The van der Waals surface area contributed by atoms with Crippen molar-refractivity contribution in [2.24, 2.45) is 0 Å². The summed E-state index contributed by atoms with van der Waals surface area (Å²) in [5, 5.41) is 0.865. The van der Waals surface area contributed by atoms with Crippen molar-refractivity contribution in [1.29, 1.82) is 0 Å². The molecule has 0 atom stereocenters. The summed E-state index contributed by atoms with van der Waals surface area (Å²) in [6, 6.07) is 3.85. The number of rotatable bonds is 4. The summed E-state index contributed by atoms with van der Waals surface area (Å²) in [5.41, 5.74) is 0.967. The van der Waals surface area contributed by atoms with Gasteiger partial charge in [0.05, 0.1) is 31.1 Å². The summed E-state index contributed by atoms with van der Waals surface area (Å²) < 4.78 is 15.5. The van der Waals surface area contributed by atoms with E-state index < -0.39 is 0 Å². The van der Waals surface area contributed by atoms with Gasteiger partial charge in [0.2, 0.25) is 0 Å². The van der Waals surface area contributed by atoms with Crippen molar-refractivity contribution in [3.63, 3.8) is 0 Å². The maximum absolute atomic E-state index is 5.26. The van der Waals surface area contributed by atoms with Crippen molar-refractivity contribution in [2.75, 3.05) is 21.3 Å². The first-order chi connectivity index (χ1) is 6.74. The van der Waals surface area contributed by atoms with Gasteiger partial charge in [0.25, 0.3) is 0 Å². The summed E-state index contributed by atoms with van der Waals surface area (Å²) in [5.74, 6) is 1.40. The predicted molar refractivity (Wildman–Crippen MR) is 55.6 cm³/mol. The van der Waals surface area contributed by atoms with Gasteiger partial charge in [-0.1, -0.05) is 12.1 Å². The monoisotopic (exact) mass is 209 g/mol. The van der Waals surface area contributed by atoms with Crippen LogP contribution in [0.1, 0.15) is 5.56 Å². The zero-order chi connectivity index (χ0) is 10.6. The van der Waals surface area contributed by atoms with Crippen molar-refractivity contribution in [1.82, 2.24) is 0 Å². The Morgan fingerprint density at radius 3 is 2.21 bits per heavy atom. The van der Waals surface area contributed by atoms with E-state index in [0.717, 1.165) is 10.8 Å². The maximum Gasteiger partial charge on any atom is 0.166 e. The number of ether oxygens (including phenoxy) is 3. The fourth-order valence-corrected chi connectivity index (χ4v) is 1.60. The number of methoxy groups -OCH3 is 3. The molecule has 4 heteroatoms. The molecule has 0 heterocycles. The standard InChI is InChI=1S/C10H13O3Si/c1-11-6-7-4-5-8(14)10(13-3)9(7)12-2/h4-5H,6H2,1-3H3. The van der Waals surface area contributed by atoms with Crippen molar-refractivity contribution in [3.05, 3.63) is 17.7 Å². The molecule has 0 aliphatic heterocycles. The third-order valence-corrected chi connectivity index (χ3v) is 2.30. The van der Waals surface area contributed by atoms with Crippen LogP contribution in [0.5, 0.6) is 11.5 Å². The van der Waals surface area contributed by atoms with Crippen LogP contribution in [-0.2, 0) is 11.3 Å². The minimum absolute atomic E-state index is 0.506. The SMILES string of the molecule is COCc1ccc([Si])c(OC)c1OC. The van der Waals surface area contributed by atoms with E-state index in [1.807, 2.05) is 12.1 Å². The molecule has 1 aromatic carbocycles. The van der Waals surface area contributed by atoms with Crippen molar-refractivity contribution in [3.8, 4) is 11.5 Å². The molecule has 0 saturated carbocycles. The minimum atomic E-state index is 0.506. The van der Waals surface area contributed by atoms with Gasteiger partial charge in [-0.25, -0.2) is 0 Å². The lowest BCUT2D eigenvalue weighted by atomic mass is 10.2. The van der Waals surface area contributed by atoms with Crippen LogP contribution in [0, 0.1) is 0 Å². The van der Waals surface area contributed by atoms with Crippen LogP contribution in [0.2, 0.25) is 0 Å². The Morgan fingerprint density at radius 2 is 1.71 bits per heavy atom. The smallest absolute Gasteiger partial charge is 0.166 e. The van der Waals surface area contributed by atoms with Crippen LogP contribution in [0.15, 0.2) is 12.1 Å². The predicted octanol–water partition coefficient (Wildman–Crippen LogP) is 0.644. The summed E-state index contributed by atoms with van der Waals surface area (Å²) in [4.78, 5) is 0. The first-order valence-electron chi connectivity index (χ1n) is 4.19. The highest BCUT2D eigenvalue weighted by molar-refractivity contribution is 6.34. The lowest BCUT2D eigenvalue weighted by Crippen LogP contribution is -2.10. The summed E-state index contributed by atoms with van der Waals surface area (Å²) in [6.45, 7) is 0.506. The van der Waals surface area contributed by atoms with E-state index in [1.165, 1.54) is 0 Å². The largest absolute Gasteiger partial charge is 0.493 e. The van der Waals surface area contributed by atoms with Crippen LogP contribution in [-0.4, -0.2) is 31.6 Å². The van der Waals surface area contributed by atoms with Gasteiger partial charge in [0.1, 0.15) is 0 Å². The molecule has 0 aliphatic rings. The molecule has 0 fully saturated rings. The van der Waals surface area contributed by atoms with Crippen LogP contribution < -0.4 is 14.7 Å². The molecule has 75 valence electrons. The van der Waals surface area contributed by atoms with Crippen LogP contribution in [0.25, 0.3) is 0 Å². The first kappa shape index (κ1) is 11.1. The molecule has 0 saturated heterocycles. The lowest BCUT2D eigenvalue weighted by Gasteiger charge is -2.14. The fraction of sp³-hybridized carbons (Fsp3) is 0.400. The molecule has 14 heavy (non-hydrogen) atoms. The van der Waals surface area contributed by atoms with Gasteiger partial charge in [-0.3, -0.25) is 0 Å². The third kappa shape index (κ3) is 2.08. The van der Waals surface area contributed by atoms with E-state index in [0.29, 0.717) is 18.1 Å². The molecular formula is C10H13O3Si. The minimum Gasteiger partial charge on any atom is -0.493 e. The van der Waals surface area contributed by atoms with E-state index >= 15 is 0 Å². The number of benzene rings is 1. The quantitative estimate of drug-likeness (QED) is 0.681. The molecule has 0 aliphatic carbocycles. The lowest BCUT2D eigenvalue weighted by molar-refractivity contribution is 0.181. The van der Waals surface area contributed by atoms with Crippen LogP contribution in [0.3, 0.4) is 0 Å². The van der Waals surface area contributed by atoms with Crippen molar-refractivity contribution in [2.45, 2.75) is 6.61 Å². The molecule has 0 amide bonds. The van der Waals surface area contributed by atoms with Gasteiger partial charge in [0, 0.05) is 12.7 Å². The highest BCUT2D eigenvalue weighted by atomic mass is 28.1. The molecule has 0 aromatic heterocycles. The Labute approximate surface area is 87.4 Å². The molecule has 0 spiro atoms. The maximum atomic E-state index is 5.26. The average molecular weight is 209 g/mol. The Morgan fingerprint density at radius 1 is 1.07 bits per heavy atom. The fourth-order valence-electron chi connectivity index (χ4n) is 1.30. The number of hydrogen-bond donors (Lipinski definition) is 0. The van der Waals surface area contributed by atoms with E-state index in [1.54, 1.807) is 21.3 Å². The third-order valence-electron chi connectivity index (χ3n) is 1.90. The highest BCUT2D eigenvalue weighted by Crippen LogP contribution is 2.28. The van der Waals surface area contributed by atoms with E-state index in [-0.39, 0.29) is 0 Å². The van der Waals surface area contributed by atoms with E-state index in [9.17, 15) is 0 Å². The van der Waals surface area contributed by atoms with Gasteiger partial charge >= 0.3 is 0 Å². The Hall–Kier alpha value is -1.00. The van der Waals surface area contributed by atoms with Gasteiger partial charge < -0.3 is 14.2 Å². The summed E-state index contributed by atoms with van der Waals surface area (Å²) >= 11 is 0. The highest BCUT2D eigenvalue weighted by Gasteiger charge is 2.11. The van der Waals surface area contributed by atoms with Gasteiger partial charge in [-0.2, -0.15) is 0 Å². The van der Waals surface area contributed by atoms with Crippen molar-refractivity contribution < 1.29 is 14.2 Å². The first-order valence-corrected chi connectivity index (χ1v) is 4.69. The summed E-state index contributed by atoms with van der Waals surface area (Å²) in [7, 11) is 8.31. The average Bonchev–Trinajstić information content (AvgIpc) is 2.20. The number of hydrogen-bond acceptors (Lipinski definition) is 3. The molecule has 0 N–H and O–H groups in total. The Kier molecular flexibility index (Phi) is 3.97. The molecule has 1 aromatic rings. The van der Waals surface area contributed by atoms with Crippen molar-refractivity contribution >= 4 is 15.4 Å². The Bertz CT molecular complexity index is 312. The van der Waals surface area contributed by atoms with Gasteiger partial charge in [-0.15, -0.1) is 0 Å². The zero-order valence-corrected chi connectivity index (χ0v) is 9.59. The second kappa shape index (κ2) is 5.02. The molecule has 0 unspecified atom stereocenters.